The molecule has 3 heterocycles. The quantitative estimate of drug-likeness (QED) is 0.515. The second-order valence-electron chi connectivity index (χ2n) is 5.00. The summed E-state index contributed by atoms with van der Waals surface area (Å²) in [5, 5.41) is 17.3. The van der Waals surface area contributed by atoms with E-state index < -0.39 is 0 Å². The number of aromatic nitrogens is 5. The number of furan rings is 1. The van der Waals surface area contributed by atoms with Gasteiger partial charge in [-0.1, -0.05) is 42.1 Å². The molecule has 8 heteroatoms. The lowest BCUT2D eigenvalue weighted by atomic mass is 10.2. The average molecular weight is 339 g/mol. The first-order chi connectivity index (χ1) is 11.8. The smallest absolute Gasteiger partial charge is 0.283 e. The molecule has 4 rings (SSSR count). The van der Waals surface area contributed by atoms with Gasteiger partial charge in [0, 0.05) is 12.6 Å². The van der Waals surface area contributed by atoms with Crippen molar-refractivity contribution in [1.82, 2.24) is 25.0 Å². The molecule has 7 nitrogen and oxygen atoms in total. The van der Waals surface area contributed by atoms with Crippen LogP contribution in [0.5, 0.6) is 0 Å². The summed E-state index contributed by atoms with van der Waals surface area (Å²) < 4.78 is 12.8. The fraction of sp³-hybridized carbons (Fsp3) is 0.125. The number of rotatable bonds is 5. The molecule has 0 aliphatic rings. The Kier molecular flexibility index (Phi) is 3.87. The Bertz CT molecular complexity index is 931. The molecular formula is C16H13N5O2S. The van der Waals surface area contributed by atoms with Crippen LogP contribution in [-0.4, -0.2) is 25.0 Å². The summed E-state index contributed by atoms with van der Waals surface area (Å²) in [5.41, 5.74) is 1.03. The van der Waals surface area contributed by atoms with Crippen molar-refractivity contribution in [3.8, 4) is 23.0 Å². The van der Waals surface area contributed by atoms with Gasteiger partial charge in [0.1, 0.15) is 0 Å². The number of benzene rings is 1. The first kappa shape index (κ1) is 14.7. The van der Waals surface area contributed by atoms with Crippen LogP contribution in [0.4, 0.5) is 0 Å². The summed E-state index contributed by atoms with van der Waals surface area (Å²) >= 11 is 1.49. The monoisotopic (exact) mass is 339 g/mol. The summed E-state index contributed by atoms with van der Waals surface area (Å²) in [5.74, 6) is 2.77. The molecule has 0 aliphatic carbocycles. The highest BCUT2D eigenvalue weighted by molar-refractivity contribution is 7.98. The van der Waals surface area contributed by atoms with Crippen molar-refractivity contribution in [2.75, 3.05) is 0 Å². The minimum Gasteiger partial charge on any atom is -0.459 e. The van der Waals surface area contributed by atoms with Crippen LogP contribution in [0.15, 0.2) is 62.7 Å². The molecule has 0 N–H and O–H groups in total. The van der Waals surface area contributed by atoms with Gasteiger partial charge in [-0.15, -0.1) is 20.4 Å². The van der Waals surface area contributed by atoms with E-state index in [4.69, 9.17) is 8.83 Å². The molecule has 0 saturated heterocycles. The van der Waals surface area contributed by atoms with Gasteiger partial charge in [0.15, 0.2) is 16.7 Å². The molecular weight excluding hydrogens is 326 g/mol. The molecule has 0 atom stereocenters. The van der Waals surface area contributed by atoms with Gasteiger partial charge in [0.25, 0.3) is 5.89 Å². The van der Waals surface area contributed by atoms with E-state index in [1.54, 1.807) is 18.4 Å². The van der Waals surface area contributed by atoms with Gasteiger partial charge in [-0.05, 0) is 12.1 Å². The second kappa shape index (κ2) is 6.32. The van der Waals surface area contributed by atoms with Crippen LogP contribution < -0.4 is 0 Å². The molecule has 0 saturated carbocycles. The van der Waals surface area contributed by atoms with Crippen molar-refractivity contribution in [3.05, 3.63) is 54.6 Å². The van der Waals surface area contributed by atoms with E-state index in [1.807, 2.05) is 41.9 Å². The number of nitrogens with zero attached hydrogens (tertiary/aromatic N) is 5. The summed E-state index contributed by atoms with van der Waals surface area (Å²) in [6, 6.07) is 13.5. The summed E-state index contributed by atoms with van der Waals surface area (Å²) in [6.07, 6.45) is 1.57. The summed E-state index contributed by atoms with van der Waals surface area (Å²) in [6.45, 7) is 0. The fourth-order valence-electron chi connectivity index (χ4n) is 2.22. The van der Waals surface area contributed by atoms with Gasteiger partial charge in [-0.3, -0.25) is 0 Å². The highest BCUT2D eigenvalue weighted by Gasteiger charge is 2.14. The predicted octanol–water partition coefficient (Wildman–Crippen LogP) is 3.42. The van der Waals surface area contributed by atoms with E-state index in [1.165, 1.54) is 11.8 Å². The van der Waals surface area contributed by atoms with Crippen LogP contribution in [-0.2, 0) is 12.8 Å². The van der Waals surface area contributed by atoms with Gasteiger partial charge in [0.2, 0.25) is 5.89 Å². The largest absolute Gasteiger partial charge is 0.459 e. The lowest BCUT2D eigenvalue weighted by molar-refractivity contribution is 0.494. The van der Waals surface area contributed by atoms with Gasteiger partial charge in [-0.2, -0.15) is 0 Å². The van der Waals surface area contributed by atoms with Crippen LogP contribution in [0, 0.1) is 0 Å². The molecule has 3 aromatic heterocycles. The first-order valence-electron chi connectivity index (χ1n) is 7.25. The minimum absolute atomic E-state index is 0.374. The third kappa shape index (κ3) is 2.83. The number of hydrogen-bond donors (Lipinski definition) is 0. The molecule has 24 heavy (non-hydrogen) atoms. The molecule has 0 amide bonds. The average Bonchev–Trinajstić information content (AvgIpc) is 3.35. The molecule has 0 aliphatic heterocycles. The van der Waals surface area contributed by atoms with Gasteiger partial charge in [-0.25, -0.2) is 0 Å². The van der Waals surface area contributed by atoms with E-state index in [-0.39, 0.29) is 0 Å². The summed E-state index contributed by atoms with van der Waals surface area (Å²) in [7, 11) is 1.94. The van der Waals surface area contributed by atoms with Crippen LogP contribution >= 0.6 is 11.8 Å². The van der Waals surface area contributed by atoms with Gasteiger partial charge < -0.3 is 13.4 Å². The van der Waals surface area contributed by atoms with Crippen molar-refractivity contribution in [1.29, 1.82) is 0 Å². The van der Waals surface area contributed by atoms with Crippen LogP contribution in [0.3, 0.4) is 0 Å². The standard InChI is InChI=1S/C16H13N5O2S/c1-21-14(11-6-3-2-4-7-11)18-20-16(21)24-10-13-17-19-15(23-13)12-8-5-9-22-12/h2-9H,10H2,1H3. The molecule has 0 spiro atoms. The molecule has 0 unspecified atom stereocenters. The van der Waals surface area contributed by atoms with E-state index in [2.05, 4.69) is 20.4 Å². The zero-order valence-corrected chi connectivity index (χ0v) is 13.6. The van der Waals surface area contributed by atoms with Gasteiger partial charge >= 0.3 is 0 Å². The number of hydrogen-bond acceptors (Lipinski definition) is 7. The molecule has 1 aromatic carbocycles. The maximum Gasteiger partial charge on any atom is 0.283 e. The van der Waals surface area contributed by atoms with Crippen molar-refractivity contribution in [3.63, 3.8) is 0 Å². The van der Waals surface area contributed by atoms with Crippen LogP contribution in [0.25, 0.3) is 23.0 Å². The first-order valence-corrected chi connectivity index (χ1v) is 8.23. The topological polar surface area (TPSA) is 82.8 Å². The van der Waals surface area contributed by atoms with Gasteiger partial charge in [0.05, 0.1) is 12.0 Å². The van der Waals surface area contributed by atoms with E-state index >= 15 is 0 Å². The zero-order valence-electron chi connectivity index (χ0n) is 12.8. The Hall–Kier alpha value is -2.87. The van der Waals surface area contributed by atoms with Crippen molar-refractivity contribution in [2.24, 2.45) is 7.05 Å². The summed E-state index contributed by atoms with van der Waals surface area (Å²) in [4.78, 5) is 0. The third-order valence-electron chi connectivity index (χ3n) is 3.39. The molecule has 120 valence electrons. The van der Waals surface area contributed by atoms with E-state index in [0.29, 0.717) is 23.3 Å². The minimum atomic E-state index is 0.374. The molecule has 0 bridgehead atoms. The van der Waals surface area contributed by atoms with Crippen LogP contribution in [0.2, 0.25) is 0 Å². The zero-order chi connectivity index (χ0) is 16.4. The Balaban J connectivity index is 1.48. The fourth-order valence-corrected chi connectivity index (χ4v) is 2.97. The van der Waals surface area contributed by atoms with Crippen molar-refractivity contribution >= 4 is 11.8 Å². The molecule has 4 aromatic rings. The normalized spacial score (nSPS) is 11.0. The van der Waals surface area contributed by atoms with Crippen molar-refractivity contribution in [2.45, 2.75) is 10.9 Å². The molecule has 0 radical (unpaired) electrons. The van der Waals surface area contributed by atoms with Crippen molar-refractivity contribution < 1.29 is 8.83 Å². The molecule has 0 fully saturated rings. The Labute approximate surface area is 141 Å². The Morgan fingerprint density at radius 2 is 1.88 bits per heavy atom. The maximum absolute atomic E-state index is 5.59. The highest BCUT2D eigenvalue weighted by Crippen LogP contribution is 2.26. The lowest BCUT2D eigenvalue weighted by Crippen LogP contribution is -1.95. The third-order valence-corrected chi connectivity index (χ3v) is 4.40. The Morgan fingerprint density at radius 3 is 2.67 bits per heavy atom. The highest BCUT2D eigenvalue weighted by atomic mass is 32.2. The number of thioether (sulfide) groups is 1. The van der Waals surface area contributed by atoms with E-state index in [9.17, 15) is 0 Å². The second-order valence-corrected chi connectivity index (χ2v) is 5.94. The van der Waals surface area contributed by atoms with Crippen LogP contribution in [0.1, 0.15) is 5.89 Å². The Morgan fingerprint density at radius 1 is 1.00 bits per heavy atom. The SMILES string of the molecule is Cn1c(SCc2nnc(-c3ccco3)o2)nnc1-c1ccccc1. The lowest BCUT2D eigenvalue weighted by Gasteiger charge is -2.02. The predicted molar refractivity (Wildman–Crippen MR) is 88.0 cm³/mol. The van der Waals surface area contributed by atoms with E-state index in [0.717, 1.165) is 16.5 Å². The maximum atomic E-state index is 5.59.